The number of aromatic amines is 1. The van der Waals surface area contributed by atoms with Crippen molar-refractivity contribution in [2.24, 2.45) is 0 Å². The van der Waals surface area contributed by atoms with Crippen LogP contribution in [0.2, 0.25) is 5.02 Å². The minimum Gasteiger partial charge on any atom is -0.330 e. The van der Waals surface area contributed by atoms with Gasteiger partial charge in [0, 0.05) is 4.47 Å². The number of hydrogen-bond donors (Lipinski definition) is 1. The Morgan fingerprint density at radius 2 is 2.00 bits per heavy atom. The van der Waals surface area contributed by atoms with E-state index < -0.39 is 0 Å². The molecule has 0 aliphatic carbocycles. The molecule has 19 heavy (non-hydrogen) atoms. The highest BCUT2D eigenvalue weighted by Crippen LogP contribution is 2.28. The van der Waals surface area contributed by atoms with E-state index >= 15 is 0 Å². The fourth-order valence-electron chi connectivity index (χ4n) is 1.99. The smallest absolute Gasteiger partial charge is 0.182 e. The predicted molar refractivity (Wildman–Crippen MR) is 81.1 cm³/mol. The minimum absolute atomic E-state index is 0.308. The predicted octanol–water partition coefficient (Wildman–Crippen LogP) is 5.24. The Hall–Kier alpha value is -1.17. The molecule has 1 heterocycles. The summed E-state index contributed by atoms with van der Waals surface area (Å²) < 4.78 is 16.4. The first-order chi connectivity index (χ1) is 9.06. The van der Waals surface area contributed by atoms with Gasteiger partial charge in [0.2, 0.25) is 0 Å². The van der Waals surface area contributed by atoms with Crippen molar-refractivity contribution in [1.82, 2.24) is 9.55 Å². The Balaban J connectivity index is 2.36. The number of benzene rings is 2. The van der Waals surface area contributed by atoms with Gasteiger partial charge in [-0.3, -0.25) is 4.57 Å². The summed E-state index contributed by atoms with van der Waals surface area (Å²) in [4.78, 5) is 2.98. The van der Waals surface area contributed by atoms with Crippen molar-refractivity contribution < 1.29 is 4.39 Å². The Labute approximate surface area is 127 Å². The van der Waals surface area contributed by atoms with Crippen molar-refractivity contribution in [3.05, 3.63) is 56.5 Å². The van der Waals surface area contributed by atoms with E-state index in [0.717, 1.165) is 15.7 Å². The molecule has 6 heteroatoms. The molecule has 0 spiro atoms. The van der Waals surface area contributed by atoms with Gasteiger partial charge >= 0.3 is 0 Å². The summed E-state index contributed by atoms with van der Waals surface area (Å²) in [6.45, 7) is 0. The molecule has 0 atom stereocenters. The number of nitrogens with zero attached hydrogens (tertiary/aromatic N) is 1. The maximum atomic E-state index is 13.2. The number of halogens is 3. The van der Waals surface area contributed by atoms with E-state index in [2.05, 4.69) is 20.9 Å². The average Bonchev–Trinajstić information content (AvgIpc) is 2.65. The molecule has 1 N–H and O–H groups in total. The van der Waals surface area contributed by atoms with Gasteiger partial charge in [-0.05, 0) is 48.6 Å². The molecule has 96 valence electrons. The second-order valence-corrected chi connectivity index (χ2v) is 5.73. The van der Waals surface area contributed by atoms with E-state index in [1.165, 1.54) is 12.1 Å². The first kappa shape index (κ1) is 12.8. The maximum absolute atomic E-state index is 13.2. The molecule has 1 aromatic heterocycles. The van der Waals surface area contributed by atoms with Gasteiger partial charge in [-0.25, -0.2) is 4.39 Å². The molecule has 0 amide bonds. The molecule has 2 aromatic carbocycles. The zero-order valence-corrected chi connectivity index (χ0v) is 12.6. The van der Waals surface area contributed by atoms with Crippen molar-refractivity contribution in [1.29, 1.82) is 0 Å². The van der Waals surface area contributed by atoms with E-state index in [1.54, 1.807) is 16.7 Å². The summed E-state index contributed by atoms with van der Waals surface area (Å²) in [5.74, 6) is -0.308. The summed E-state index contributed by atoms with van der Waals surface area (Å²) in [6.07, 6.45) is 0. The largest absolute Gasteiger partial charge is 0.330 e. The highest BCUT2D eigenvalue weighted by atomic mass is 79.9. The molecule has 2 nitrogen and oxygen atoms in total. The topological polar surface area (TPSA) is 20.7 Å². The van der Waals surface area contributed by atoms with Gasteiger partial charge in [-0.1, -0.05) is 27.5 Å². The number of H-pyrrole nitrogens is 1. The number of nitrogens with one attached hydrogen (secondary N) is 1. The molecule has 0 fully saturated rings. The molecule has 0 aliphatic heterocycles. The zero-order chi connectivity index (χ0) is 13.6. The molecule has 0 bridgehead atoms. The van der Waals surface area contributed by atoms with Gasteiger partial charge in [0.15, 0.2) is 4.77 Å². The summed E-state index contributed by atoms with van der Waals surface area (Å²) in [6, 6.07) is 10.0. The third-order valence-electron chi connectivity index (χ3n) is 2.79. The second kappa shape index (κ2) is 4.74. The van der Waals surface area contributed by atoms with Crippen LogP contribution in [0.4, 0.5) is 4.39 Å². The summed E-state index contributed by atoms with van der Waals surface area (Å²) in [5.41, 5.74) is 2.19. The van der Waals surface area contributed by atoms with Gasteiger partial charge < -0.3 is 4.98 Å². The summed E-state index contributed by atoms with van der Waals surface area (Å²) >= 11 is 14.9. The van der Waals surface area contributed by atoms with Gasteiger partial charge in [-0.2, -0.15) is 0 Å². The Morgan fingerprint density at radius 3 is 2.74 bits per heavy atom. The molecular formula is C13H7BrClFN2S. The molecule has 3 rings (SSSR count). The van der Waals surface area contributed by atoms with Crippen LogP contribution in [0.5, 0.6) is 0 Å². The number of aromatic nitrogens is 2. The van der Waals surface area contributed by atoms with Crippen LogP contribution in [0, 0.1) is 10.6 Å². The lowest BCUT2D eigenvalue weighted by Crippen LogP contribution is -1.95. The lowest BCUT2D eigenvalue weighted by Gasteiger charge is -2.07. The van der Waals surface area contributed by atoms with Gasteiger partial charge in [-0.15, -0.1) is 0 Å². The highest BCUT2D eigenvalue weighted by molar-refractivity contribution is 9.10. The first-order valence-corrected chi connectivity index (χ1v) is 7.00. The van der Waals surface area contributed by atoms with Crippen molar-refractivity contribution in [2.45, 2.75) is 0 Å². The van der Waals surface area contributed by atoms with Gasteiger partial charge in [0.05, 0.1) is 21.7 Å². The van der Waals surface area contributed by atoms with Crippen molar-refractivity contribution in [3.8, 4) is 5.69 Å². The van der Waals surface area contributed by atoms with Crippen molar-refractivity contribution in [3.63, 3.8) is 0 Å². The second-order valence-electron chi connectivity index (χ2n) is 4.02. The third-order valence-corrected chi connectivity index (χ3v) is 3.88. The SMILES string of the molecule is Fc1ccc2c(c1)[nH]c(=S)n2-c1ccc(Br)cc1Cl. The van der Waals surface area contributed by atoms with Crippen LogP contribution in [0.1, 0.15) is 0 Å². The van der Waals surface area contributed by atoms with Gasteiger partial charge in [0.25, 0.3) is 0 Å². The number of rotatable bonds is 1. The standard InChI is InChI=1S/C13H7BrClFN2S/c14-7-1-3-11(9(15)5-7)18-12-4-2-8(16)6-10(12)17-13(18)19/h1-6H,(H,17,19). The summed E-state index contributed by atoms with van der Waals surface area (Å²) in [5, 5.41) is 0.565. The third kappa shape index (κ3) is 2.22. The van der Waals surface area contributed by atoms with E-state index in [0.29, 0.717) is 15.3 Å². The van der Waals surface area contributed by atoms with E-state index in [-0.39, 0.29) is 5.82 Å². The number of imidazole rings is 1. The Bertz CT molecular complexity index is 840. The maximum Gasteiger partial charge on any atom is 0.182 e. The number of fused-ring (bicyclic) bond motifs is 1. The lowest BCUT2D eigenvalue weighted by atomic mass is 10.2. The normalized spacial score (nSPS) is 11.1. The van der Waals surface area contributed by atoms with Crippen LogP contribution in [0.25, 0.3) is 16.7 Å². The van der Waals surface area contributed by atoms with Gasteiger partial charge in [0.1, 0.15) is 5.82 Å². The van der Waals surface area contributed by atoms with E-state index in [9.17, 15) is 4.39 Å². The van der Waals surface area contributed by atoms with E-state index in [4.69, 9.17) is 23.8 Å². The quantitative estimate of drug-likeness (QED) is 0.590. The molecule has 0 unspecified atom stereocenters. The van der Waals surface area contributed by atoms with Crippen LogP contribution in [0.15, 0.2) is 40.9 Å². The summed E-state index contributed by atoms with van der Waals surface area (Å²) in [7, 11) is 0. The van der Waals surface area contributed by atoms with Crippen LogP contribution in [-0.2, 0) is 0 Å². The molecule has 3 aromatic rings. The lowest BCUT2D eigenvalue weighted by molar-refractivity contribution is 0.629. The zero-order valence-electron chi connectivity index (χ0n) is 9.45. The van der Waals surface area contributed by atoms with Crippen molar-refractivity contribution in [2.75, 3.05) is 0 Å². The number of hydrogen-bond acceptors (Lipinski definition) is 1. The fourth-order valence-corrected chi connectivity index (χ4v) is 3.05. The fraction of sp³-hybridized carbons (Fsp3) is 0. The monoisotopic (exact) mass is 356 g/mol. The van der Waals surface area contributed by atoms with Crippen LogP contribution in [-0.4, -0.2) is 9.55 Å². The highest BCUT2D eigenvalue weighted by Gasteiger charge is 2.10. The molecule has 0 aliphatic rings. The van der Waals surface area contributed by atoms with Crippen LogP contribution >= 0.6 is 39.7 Å². The Kier molecular flexibility index (Phi) is 3.20. The van der Waals surface area contributed by atoms with Crippen molar-refractivity contribution >= 4 is 50.8 Å². The molecule has 0 radical (unpaired) electrons. The van der Waals surface area contributed by atoms with E-state index in [1.807, 2.05) is 12.1 Å². The molecule has 0 saturated heterocycles. The minimum atomic E-state index is -0.308. The first-order valence-electron chi connectivity index (χ1n) is 5.42. The molecule has 0 saturated carbocycles. The molecular weight excluding hydrogens is 351 g/mol. The average molecular weight is 358 g/mol. The Morgan fingerprint density at radius 1 is 1.21 bits per heavy atom. The van der Waals surface area contributed by atoms with Crippen LogP contribution < -0.4 is 0 Å². The van der Waals surface area contributed by atoms with Crippen LogP contribution in [0.3, 0.4) is 0 Å².